The molecule has 32 heavy (non-hydrogen) atoms. The van der Waals surface area contributed by atoms with Crippen LogP contribution in [0.3, 0.4) is 0 Å². The number of thiazole rings is 1. The molecule has 0 spiro atoms. The molecule has 1 aromatic carbocycles. The van der Waals surface area contributed by atoms with E-state index in [1.165, 1.54) is 28.9 Å². The number of nitrogens with one attached hydrogen (secondary N) is 2. The zero-order valence-electron chi connectivity index (χ0n) is 19.3. The Morgan fingerprint density at radius 3 is 2.34 bits per heavy atom. The van der Waals surface area contributed by atoms with Crippen molar-refractivity contribution >= 4 is 46.8 Å². The lowest BCUT2D eigenvalue weighted by atomic mass is 9.91. The number of Topliss-reactive ketones (excluding diaryl/α,β-unsaturated/α-hetero) is 1. The molecule has 0 unspecified atom stereocenters. The molecule has 2 amide bonds. The molecule has 2 N–H and O–H groups in total. The van der Waals surface area contributed by atoms with E-state index < -0.39 is 5.41 Å². The van der Waals surface area contributed by atoms with Crippen LogP contribution in [0, 0.1) is 5.41 Å². The van der Waals surface area contributed by atoms with Gasteiger partial charge in [-0.05, 0) is 30.2 Å². The fourth-order valence-electron chi connectivity index (χ4n) is 2.74. The van der Waals surface area contributed by atoms with E-state index in [1.807, 2.05) is 27.7 Å². The van der Waals surface area contributed by atoms with Crippen molar-refractivity contribution in [3.8, 4) is 0 Å². The highest BCUT2D eigenvalue weighted by Crippen LogP contribution is 2.15. The summed E-state index contributed by atoms with van der Waals surface area (Å²) >= 11 is 1.18. The van der Waals surface area contributed by atoms with Gasteiger partial charge in [-0.1, -0.05) is 46.2 Å². The Hall–Kier alpha value is -3.00. The van der Waals surface area contributed by atoms with E-state index in [2.05, 4.69) is 10.6 Å². The summed E-state index contributed by atoms with van der Waals surface area (Å²) < 4.78 is 2.22. The molecule has 2 rings (SSSR count). The SMILES string of the molecule is CCCCNC(=O)Cn1c(=O)/c(=C/c2ccc(NC(C)=O)cc2)s/c1=C\C(=O)C(C)(C)C. The van der Waals surface area contributed by atoms with Crippen molar-refractivity contribution in [1.29, 1.82) is 0 Å². The third kappa shape index (κ3) is 7.30. The lowest BCUT2D eigenvalue weighted by Crippen LogP contribution is -2.38. The average Bonchev–Trinajstić information content (AvgIpc) is 2.97. The molecule has 7 nitrogen and oxygen atoms in total. The first-order valence-corrected chi connectivity index (χ1v) is 11.4. The van der Waals surface area contributed by atoms with Gasteiger partial charge in [0.1, 0.15) is 11.2 Å². The Kier molecular flexibility index (Phi) is 8.72. The zero-order valence-corrected chi connectivity index (χ0v) is 20.1. The third-order valence-electron chi connectivity index (χ3n) is 4.61. The van der Waals surface area contributed by atoms with Gasteiger partial charge in [-0.25, -0.2) is 0 Å². The smallest absolute Gasteiger partial charge is 0.269 e. The standard InChI is InChI=1S/C24H31N3O4S/c1-6-7-12-25-21(30)15-27-22(14-20(29)24(3,4)5)32-19(23(27)31)13-17-8-10-18(11-9-17)26-16(2)28/h8-11,13-14H,6-7,12,15H2,1-5H3,(H,25,30)(H,26,28)/b19-13-,22-14-. The van der Waals surface area contributed by atoms with Gasteiger partial charge in [0.2, 0.25) is 11.8 Å². The van der Waals surface area contributed by atoms with E-state index in [1.54, 1.807) is 30.3 Å². The number of unbranched alkanes of at least 4 members (excludes halogenated alkanes) is 1. The van der Waals surface area contributed by atoms with Crippen molar-refractivity contribution in [2.75, 3.05) is 11.9 Å². The fourth-order valence-corrected chi connectivity index (χ4v) is 3.78. The molecule has 0 saturated heterocycles. The maximum Gasteiger partial charge on any atom is 0.269 e. The number of carbonyl (C=O) groups is 3. The number of ketones is 1. The van der Waals surface area contributed by atoms with Crippen molar-refractivity contribution < 1.29 is 14.4 Å². The number of amides is 2. The van der Waals surface area contributed by atoms with Gasteiger partial charge in [-0.3, -0.25) is 23.7 Å². The summed E-state index contributed by atoms with van der Waals surface area (Å²) in [6.45, 7) is 9.30. The number of hydrogen-bond acceptors (Lipinski definition) is 5. The van der Waals surface area contributed by atoms with Gasteiger partial charge in [0.25, 0.3) is 5.56 Å². The Morgan fingerprint density at radius 2 is 1.78 bits per heavy atom. The quantitative estimate of drug-likeness (QED) is 0.593. The van der Waals surface area contributed by atoms with Crippen molar-refractivity contribution in [2.45, 2.75) is 54.0 Å². The first-order valence-electron chi connectivity index (χ1n) is 10.6. The van der Waals surface area contributed by atoms with E-state index in [0.29, 0.717) is 21.4 Å². The summed E-state index contributed by atoms with van der Waals surface area (Å²) in [5.41, 5.74) is 0.509. The fraction of sp³-hybridized carbons (Fsp3) is 0.417. The molecule has 0 aliphatic rings. The highest BCUT2D eigenvalue weighted by atomic mass is 32.1. The topological polar surface area (TPSA) is 97.3 Å². The number of carbonyl (C=O) groups excluding carboxylic acids is 3. The minimum atomic E-state index is -0.600. The molecule has 0 aliphatic heterocycles. The van der Waals surface area contributed by atoms with E-state index in [9.17, 15) is 19.2 Å². The van der Waals surface area contributed by atoms with Crippen LogP contribution in [-0.4, -0.2) is 28.7 Å². The minimum Gasteiger partial charge on any atom is -0.355 e. The van der Waals surface area contributed by atoms with Crippen LogP contribution in [0.4, 0.5) is 5.69 Å². The van der Waals surface area contributed by atoms with Crippen LogP contribution in [0.5, 0.6) is 0 Å². The van der Waals surface area contributed by atoms with Gasteiger partial charge in [-0.2, -0.15) is 0 Å². The summed E-state index contributed by atoms with van der Waals surface area (Å²) in [7, 11) is 0. The van der Waals surface area contributed by atoms with Crippen LogP contribution in [0.15, 0.2) is 29.1 Å². The van der Waals surface area contributed by atoms with E-state index in [-0.39, 0.29) is 29.7 Å². The van der Waals surface area contributed by atoms with E-state index >= 15 is 0 Å². The van der Waals surface area contributed by atoms with Crippen LogP contribution >= 0.6 is 11.3 Å². The molecule has 0 bridgehead atoms. The Bertz CT molecular complexity index is 1150. The monoisotopic (exact) mass is 457 g/mol. The Morgan fingerprint density at radius 1 is 1.12 bits per heavy atom. The van der Waals surface area contributed by atoms with Gasteiger partial charge in [-0.15, -0.1) is 11.3 Å². The van der Waals surface area contributed by atoms with E-state index in [4.69, 9.17) is 0 Å². The molecule has 1 heterocycles. The number of nitrogens with zero attached hydrogens (tertiary/aromatic N) is 1. The van der Waals surface area contributed by atoms with Gasteiger partial charge < -0.3 is 10.6 Å². The van der Waals surface area contributed by atoms with Gasteiger partial charge in [0.05, 0.1) is 4.53 Å². The first-order chi connectivity index (χ1) is 15.0. The maximum atomic E-state index is 13.1. The molecular weight excluding hydrogens is 426 g/mol. The lowest BCUT2D eigenvalue weighted by molar-refractivity contribution is -0.122. The minimum absolute atomic E-state index is 0.120. The van der Waals surface area contributed by atoms with Crippen LogP contribution in [0.2, 0.25) is 0 Å². The summed E-state index contributed by atoms with van der Waals surface area (Å²) in [4.78, 5) is 49.2. The first kappa shape index (κ1) is 25.3. The van der Waals surface area contributed by atoms with Crippen LogP contribution in [0.1, 0.15) is 53.0 Å². The number of aromatic nitrogens is 1. The molecule has 8 heteroatoms. The number of benzene rings is 1. The van der Waals surface area contributed by atoms with Crippen molar-refractivity contribution in [2.24, 2.45) is 5.41 Å². The second-order valence-electron chi connectivity index (χ2n) is 8.61. The van der Waals surface area contributed by atoms with Crippen LogP contribution in [0.25, 0.3) is 12.2 Å². The lowest BCUT2D eigenvalue weighted by Gasteiger charge is -2.13. The second kappa shape index (κ2) is 11.0. The molecule has 2 aromatic rings. The molecule has 0 saturated carbocycles. The number of hydrogen-bond donors (Lipinski definition) is 2. The zero-order chi connectivity index (χ0) is 23.9. The highest BCUT2D eigenvalue weighted by Gasteiger charge is 2.20. The Labute approximate surface area is 191 Å². The second-order valence-corrected chi connectivity index (χ2v) is 9.67. The summed E-state index contributed by atoms with van der Waals surface area (Å²) in [5.74, 6) is -0.545. The predicted molar refractivity (Wildman–Crippen MR) is 129 cm³/mol. The molecule has 0 atom stereocenters. The van der Waals surface area contributed by atoms with E-state index in [0.717, 1.165) is 18.4 Å². The normalized spacial score (nSPS) is 12.7. The summed E-state index contributed by atoms with van der Waals surface area (Å²) in [6, 6.07) is 7.07. The predicted octanol–water partition coefficient (Wildman–Crippen LogP) is 2.01. The van der Waals surface area contributed by atoms with Crippen LogP contribution < -0.4 is 25.4 Å². The maximum absolute atomic E-state index is 13.1. The van der Waals surface area contributed by atoms with Gasteiger partial charge in [0.15, 0.2) is 5.78 Å². The highest BCUT2D eigenvalue weighted by molar-refractivity contribution is 7.07. The molecule has 0 fully saturated rings. The van der Waals surface area contributed by atoms with Gasteiger partial charge >= 0.3 is 0 Å². The number of anilines is 1. The molecule has 172 valence electrons. The summed E-state index contributed by atoms with van der Waals surface area (Å²) in [6.07, 6.45) is 4.98. The van der Waals surface area contributed by atoms with Crippen molar-refractivity contribution in [3.63, 3.8) is 0 Å². The van der Waals surface area contributed by atoms with Crippen molar-refractivity contribution in [1.82, 2.24) is 9.88 Å². The average molecular weight is 458 g/mol. The van der Waals surface area contributed by atoms with Gasteiger partial charge in [0, 0.05) is 30.6 Å². The van der Waals surface area contributed by atoms with Crippen LogP contribution in [-0.2, 0) is 20.9 Å². The molecule has 0 aliphatic carbocycles. The Balaban J connectivity index is 2.48. The molecule has 0 radical (unpaired) electrons. The van der Waals surface area contributed by atoms with Crippen molar-refractivity contribution in [3.05, 3.63) is 49.4 Å². The third-order valence-corrected chi connectivity index (χ3v) is 5.67. The number of rotatable bonds is 8. The molecule has 1 aromatic heterocycles. The largest absolute Gasteiger partial charge is 0.355 e. The molecular formula is C24H31N3O4S. The summed E-state index contributed by atoms with van der Waals surface area (Å²) in [5, 5.41) is 5.51.